The summed E-state index contributed by atoms with van der Waals surface area (Å²) >= 11 is 0. The molecule has 19 heavy (non-hydrogen) atoms. The summed E-state index contributed by atoms with van der Waals surface area (Å²) in [7, 11) is 0. The molecule has 0 aromatic heterocycles. The fourth-order valence-corrected chi connectivity index (χ4v) is 2.43. The van der Waals surface area contributed by atoms with Crippen molar-refractivity contribution in [3.63, 3.8) is 0 Å². The van der Waals surface area contributed by atoms with Crippen LogP contribution in [0, 0.1) is 5.92 Å². The first-order chi connectivity index (χ1) is 9.13. The summed E-state index contributed by atoms with van der Waals surface area (Å²) in [5.74, 6) is 0.400. The predicted octanol–water partition coefficient (Wildman–Crippen LogP) is 2.87. The Labute approximate surface area is 113 Å². The van der Waals surface area contributed by atoms with Crippen molar-refractivity contribution in [3.8, 4) is 0 Å². The van der Waals surface area contributed by atoms with Crippen LogP contribution in [-0.4, -0.2) is 0 Å². The maximum atomic E-state index is 11.4. The molecule has 0 amide bonds. The van der Waals surface area contributed by atoms with E-state index >= 15 is 0 Å². The van der Waals surface area contributed by atoms with Gasteiger partial charge in [-0.25, -0.2) is 0 Å². The minimum absolute atomic E-state index is 0.0736. The van der Waals surface area contributed by atoms with Gasteiger partial charge in [0.1, 0.15) is 0 Å². The van der Waals surface area contributed by atoms with Crippen molar-refractivity contribution in [2.75, 3.05) is 5.32 Å². The van der Waals surface area contributed by atoms with E-state index in [0.29, 0.717) is 11.6 Å². The second kappa shape index (κ2) is 5.83. The lowest BCUT2D eigenvalue weighted by atomic mass is 9.90. The Morgan fingerprint density at radius 2 is 1.84 bits per heavy atom. The van der Waals surface area contributed by atoms with Crippen molar-refractivity contribution in [1.82, 2.24) is 0 Å². The van der Waals surface area contributed by atoms with Crippen molar-refractivity contribution < 1.29 is 0 Å². The average Bonchev–Trinajstić information content (AvgIpc) is 2.44. The highest BCUT2D eigenvalue weighted by atomic mass is 16.2. The molecule has 1 N–H and O–H groups in total. The summed E-state index contributed by atoms with van der Waals surface area (Å²) in [5, 5.41) is 3.23. The Morgan fingerprint density at radius 3 is 2.37 bits per heavy atom. The van der Waals surface area contributed by atoms with Crippen LogP contribution in [0.25, 0.3) is 0 Å². The number of anilines is 1. The van der Waals surface area contributed by atoms with Crippen molar-refractivity contribution in [3.05, 3.63) is 62.4 Å². The highest BCUT2D eigenvalue weighted by molar-refractivity contribution is 5.49. The summed E-state index contributed by atoms with van der Waals surface area (Å²) in [6.45, 7) is 4.32. The molecule has 2 rings (SSSR count). The van der Waals surface area contributed by atoms with Gasteiger partial charge in [0, 0.05) is 6.07 Å². The van der Waals surface area contributed by atoms with E-state index in [1.54, 1.807) is 0 Å². The van der Waals surface area contributed by atoms with Crippen LogP contribution in [0.15, 0.2) is 46.0 Å². The zero-order chi connectivity index (χ0) is 13.8. The standard InChI is InChI=1S/C16H19NO2/c1-3-7-11(2)15(12-8-5-4-6-9-12)17-13-10-14(18)16(13)19/h4-6,8-11,15,17H,3,7H2,1-2H3/t11?,15-/m1/s1. The first-order valence-corrected chi connectivity index (χ1v) is 6.75. The maximum Gasteiger partial charge on any atom is 0.248 e. The van der Waals surface area contributed by atoms with E-state index in [1.807, 2.05) is 18.2 Å². The summed E-state index contributed by atoms with van der Waals surface area (Å²) < 4.78 is 0. The van der Waals surface area contributed by atoms with Gasteiger partial charge in [-0.15, -0.1) is 0 Å². The lowest BCUT2D eigenvalue weighted by Gasteiger charge is -2.26. The Morgan fingerprint density at radius 1 is 1.16 bits per heavy atom. The lowest BCUT2D eigenvalue weighted by molar-refractivity contribution is 0.456. The third-order valence-electron chi connectivity index (χ3n) is 3.53. The van der Waals surface area contributed by atoms with E-state index in [1.165, 1.54) is 6.07 Å². The minimum Gasteiger partial charge on any atom is -0.375 e. The molecule has 0 aliphatic rings. The molecular formula is C16H19NO2. The van der Waals surface area contributed by atoms with Gasteiger partial charge in [0.25, 0.3) is 0 Å². The zero-order valence-electron chi connectivity index (χ0n) is 11.3. The SMILES string of the molecule is CCCC(C)[C@@H](Nc1cc(=O)c1=O)c1ccccc1. The molecule has 0 spiro atoms. The number of nitrogens with one attached hydrogen (secondary N) is 1. The fraction of sp³-hybridized carbons (Fsp3) is 0.375. The number of benzene rings is 1. The molecule has 0 radical (unpaired) electrons. The molecule has 1 unspecified atom stereocenters. The van der Waals surface area contributed by atoms with E-state index < -0.39 is 10.9 Å². The van der Waals surface area contributed by atoms with E-state index in [2.05, 4.69) is 31.3 Å². The highest BCUT2D eigenvalue weighted by Gasteiger charge is 2.21. The molecule has 0 saturated carbocycles. The molecule has 2 aromatic carbocycles. The third-order valence-corrected chi connectivity index (χ3v) is 3.53. The van der Waals surface area contributed by atoms with Crippen molar-refractivity contribution in [2.45, 2.75) is 32.7 Å². The molecule has 0 heterocycles. The molecule has 0 aliphatic carbocycles. The van der Waals surface area contributed by atoms with Gasteiger partial charge in [-0.3, -0.25) is 9.59 Å². The summed E-state index contributed by atoms with van der Waals surface area (Å²) in [6.07, 6.45) is 2.17. The molecular weight excluding hydrogens is 238 g/mol. The van der Waals surface area contributed by atoms with Gasteiger partial charge < -0.3 is 5.32 Å². The molecule has 0 aliphatic heterocycles. The van der Waals surface area contributed by atoms with E-state index in [-0.39, 0.29) is 6.04 Å². The van der Waals surface area contributed by atoms with Crippen LogP contribution in [-0.2, 0) is 0 Å². The van der Waals surface area contributed by atoms with Gasteiger partial charge in [-0.05, 0) is 17.9 Å². The smallest absolute Gasteiger partial charge is 0.248 e. The largest absolute Gasteiger partial charge is 0.375 e. The quantitative estimate of drug-likeness (QED) is 0.809. The minimum atomic E-state index is -0.405. The van der Waals surface area contributed by atoms with Gasteiger partial charge in [0.15, 0.2) is 0 Å². The van der Waals surface area contributed by atoms with Crippen molar-refractivity contribution in [2.24, 2.45) is 5.92 Å². The molecule has 2 aromatic rings. The second-order valence-electron chi connectivity index (χ2n) is 5.05. The molecule has 0 saturated heterocycles. The van der Waals surface area contributed by atoms with E-state index in [0.717, 1.165) is 18.4 Å². The predicted molar refractivity (Wildman–Crippen MR) is 78.2 cm³/mol. The van der Waals surface area contributed by atoms with Gasteiger partial charge in [-0.2, -0.15) is 0 Å². The third kappa shape index (κ3) is 2.92. The second-order valence-corrected chi connectivity index (χ2v) is 5.05. The molecule has 2 atom stereocenters. The monoisotopic (exact) mass is 257 g/mol. The highest BCUT2D eigenvalue weighted by Crippen LogP contribution is 2.28. The fourth-order valence-electron chi connectivity index (χ4n) is 2.43. The summed E-state index contributed by atoms with van der Waals surface area (Å²) in [4.78, 5) is 22.4. The maximum absolute atomic E-state index is 11.4. The Bertz CT molecular complexity index is 596. The van der Waals surface area contributed by atoms with Crippen LogP contribution in [0.3, 0.4) is 0 Å². The van der Waals surface area contributed by atoms with Gasteiger partial charge in [-0.1, -0.05) is 50.6 Å². The zero-order valence-corrected chi connectivity index (χ0v) is 11.3. The van der Waals surface area contributed by atoms with Gasteiger partial charge in [0.05, 0.1) is 11.7 Å². The molecule has 3 nitrogen and oxygen atoms in total. The summed E-state index contributed by atoms with van der Waals surface area (Å²) in [6, 6.07) is 11.5. The number of hydrogen-bond donors (Lipinski definition) is 1. The average molecular weight is 257 g/mol. The Hall–Kier alpha value is -1.90. The van der Waals surface area contributed by atoms with Crippen LogP contribution in [0.5, 0.6) is 0 Å². The van der Waals surface area contributed by atoms with Crippen molar-refractivity contribution in [1.29, 1.82) is 0 Å². The molecule has 3 heteroatoms. The normalized spacial score (nSPS) is 14.2. The molecule has 0 bridgehead atoms. The van der Waals surface area contributed by atoms with E-state index in [4.69, 9.17) is 0 Å². The number of hydrogen-bond acceptors (Lipinski definition) is 3. The molecule has 0 fully saturated rings. The van der Waals surface area contributed by atoms with Crippen LogP contribution in [0.4, 0.5) is 5.69 Å². The van der Waals surface area contributed by atoms with E-state index in [9.17, 15) is 9.59 Å². The van der Waals surface area contributed by atoms with Gasteiger partial charge in [0.2, 0.25) is 10.9 Å². The first kappa shape index (κ1) is 13.5. The van der Waals surface area contributed by atoms with Crippen LogP contribution in [0.1, 0.15) is 38.3 Å². The first-order valence-electron chi connectivity index (χ1n) is 6.75. The van der Waals surface area contributed by atoms with Crippen LogP contribution >= 0.6 is 0 Å². The molecule has 100 valence electrons. The van der Waals surface area contributed by atoms with Crippen molar-refractivity contribution >= 4 is 5.69 Å². The van der Waals surface area contributed by atoms with Gasteiger partial charge >= 0.3 is 0 Å². The Kier molecular flexibility index (Phi) is 4.15. The van der Waals surface area contributed by atoms with Crippen LogP contribution < -0.4 is 16.2 Å². The van der Waals surface area contributed by atoms with Crippen LogP contribution in [0.2, 0.25) is 0 Å². The number of rotatable bonds is 6. The Balaban J connectivity index is 2.23. The topological polar surface area (TPSA) is 46.2 Å². The summed E-state index contributed by atoms with van der Waals surface area (Å²) in [5.41, 5.74) is 0.792. The lowest BCUT2D eigenvalue weighted by Crippen LogP contribution is -2.34.